The second-order valence-corrected chi connectivity index (χ2v) is 5.97. The lowest BCUT2D eigenvalue weighted by Crippen LogP contribution is -2.26. The van der Waals surface area contributed by atoms with Crippen LogP contribution in [-0.4, -0.2) is 25.0 Å². The molecule has 112 valence electrons. The predicted molar refractivity (Wildman–Crippen MR) is 89.5 cm³/mol. The number of methoxy groups -OCH3 is 1. The van der Waals surface area contributed by atoms with E-state index in [9.17, 15) is 4.79 Å². The smallest absolute Gasteiger partial charge is 0.259 e. The summed E-state index contributed by atoms with van der Waals surface area (Å²) in [5.41, 5.74) is 2.60. The Balaban J connectivity index is 1.84. The van der Waals surface area contributed by atoms with Gasteiger partial charge in [-0.15, -0.1) is 0 Å². The first-order valence-electron chi connectivity index (χ1n) is 6.90. The molecule has 0 saturated heterocycles. The highest BCUT2D eigenvalue weighted by Crippen LogP contribution is 2.28. The molecule has 0 aliphatic rings. The second-order valence-electron chi connectivity index (χ2n) is 4.96. The molecule has 0 atom stereocenters. The van der Waals surface area contributed by atoms with Crippen LogP contribution in [0.25, 0.3) is 10.2 Å². The molecule has 4 nitrogen and oxygen atoms in total. The van der Waals surface area contributed by atoms with Crippen molar-refractivity contribution in [2.24, 2.45) is 0 Å². The van der Waals surface area contributed by atoms with E-state index in [2.05, 4.69) is 4.98 Å². The number of ether oxygens (including phenoxy) is 1. The molecule has 2 aromatic carbocycles. The first kappa shape index (κ1) is 14.7. The van der Waals surface area contributed by atoms with Crippen LogP contribution in [0, 0.1) is 0 Å². The molecule has 0 radical (unpaired) electrons. The Bertz CT molecular complexity index is 763. The minimum atomic E-state index is -0.0666. The number of carbonyl (C=O) groups is 1. The molecule has 3 rings (SSSR count). The van der Waals surface area contributed by atoms with Crippen LogP contribution in [-0.2, 0) is 11.3 Å². The zero-order valence-corrected chi connectivity index (χ0v) is 13.3. The van der Waals surface area contributed by atoms with Crippen molar-refractivity contribution >= 4 is 32.6 Å². The third kappa shape index (κ3) is 2.86. The highest BCUT2D eigenvalue weighted by molar-refractivity contribution is 7.22. The van der Waals surface area contributed by atoms with Gasteiger partial charge in [-0.1, -0.05) is 35.6 Å². The monoisotopic (exact) mass is 312 g/mol. The van der Waals surface area contributed by atoms with Gasteiger partial charge in [0.05, 0.1) is 16.8 Å². The van der Waals surface area contributed by atoms with Crippen molar-refractivity contribution in [1.82, 2.24) is 4.98 Å². The number of benzene rings is 2. The minimum absolute atomic E-state index is 0.0666. The lowest BCUT2D eigenvalue weighted by molar-refractivity contribution is 0.0993. The van der Waals surface area contributed by atoms with Crippen molar-refractivity contribution in [3.8, 4) is 0 Å². The molecule has 0 N–H and O–H groups in total. The molecule has 0 aliphatic carbocycles. The minimum Gasteiger partial charge on any atom is -0.380 e. The Morgan fingerprint density at radius 2 is 1.91 bits per heavy atom. The van der Waals surface area contributed by atoms with Gasteiger partial charge in [0.25, 0.3) is 5.91 Å². The zero-order valence-electron chi connectivity index (χ0n) is 12.4. The molecule has 0 spiro atoms. The van der Waals surface area contributed by atoms with E-state index in [-0.39, 0.29) is 5.91 Å². The van der Waals surface area contributed by atoms with Crippen molar-refractivity contribution in [3.05, 3.63) is 59.7 Å². The van der Waals surface area contributed by atoms with Crippen LogP contribution >= 0.6 is 11.3 Å². The number of anilines is 1. The van der Waals surface area contributed by atoms with Gasteiger partial charge < -0.3 is 4.74 Å². The van der Waals surface area contributed by atoms with Crippen molar-refractivity contribution in [3.63, 3.8) is 0 Å². The predicted octanol–water partition coefficient (Wildman–Crippen LogP) is 3.72. The van der Waals surface area contributed by atoms with Gasteiger partial charge in [-0.05, 0) is 29.8 Å². The maximum Gasteiger partial charge on any atom is 0.259 e. The first-order chi connectivity index (χ1) is 10.7. The van der Waals surface area contributed by atoms with Crippen LogP contribution in [0.2, 0.25) is 0 Å². The van der Waals surface area contributed by atoms with E-state index in [0.29, 0.717) is 17.3 Å². The molecule has 3 aromatic rings. The molecule has 5 heteroatoms. The normalized spacial score (nSPS) is 10.8. The van der Waals surface area contributed by atoms with Gasteiger partial charge in [0.2, 0.25) is 0 Å². The van der Waals surface area contributed by atoms with Gasteiger partial charge in [-0.2, -0.15) is 0 Å². The van der Waals surface area contributed by atoms with Gasteiger partial charge in [0.15, 0.2) is 5.13 Å². The van der Waals surface area contributed by atoms with Crippen LogP contribution < -0.4 is 4.90 Å². The molecule has 1 amide bonds. The largest absolute Gasteiger partial charge is 0.380 e. The average Bonchev–Trinajstić information content (AvgIpc) is 2.98. The number of nitrogens with zero attached hydrogens (tertiary/aromatic N) is 2. The Morgan fingerprint density at radius 1 is 1.18 bits per heavy atom. The Hall–Kier alpha value is -2.24. The van der Waals surface area contributed by atoms with E-state index in [1.165, 1.54) is 11.3 Å². The van der Waals surface area contributed by atoms with Crippen LogP contribution in [0.5, 0.6) is 0 Å². The number of carbonyl (C=O) groups excluding carboxylic acids is 1. The zero-order chi connectivity index (χ0) is 15.5. The summed E-state index contributed by atoms with van der Waals surface area (Å²) < 4.78 is 6.15. The number of hydrogen-bond donors (Lipinski definition) is 0. The highest BCUT2D eigenvalue weighted by Gasteiger charge is 2.17. The van der Waals surface area contributed by atoms with Gasteiger partial charge >= 0.3 is 0 Å². The third-order valence-corrected chi connectivity index (χ3v) is 4.50. The quantitative estimate of drug-likeness (QED) is 0.737. The molecular weight excluding hydrogens is 296 g/mol. The summed E-state index contributed by atoms with van der Waals surface area (Å²) in [5, 5.41) is 0.701. The third-order valence-electron chi connectivity index (χ3n) is 3.39. The maximum absolute atomic E-state index is 12.6. The van der Waals surface area contributed by atoms with E-state index in [0.717, 1.165) is 15.8 Å². The highest BCUT2D eigenvalue weighted by atomic mass is 32.1. The van der Waals surface area contributed by atoms with Crippen molar-refractivity contribution < 1.29 is 9.53 Å². The van der Waals surface area contributed by atoms with Gasteiger partial charge in [0.1, 0.15) is 0 Å². The van der Waals surface area contributed by atoms with E-state index in [1.807, 2.05) is 48.5 Å². The summed E-state index contributed by atoms with van der Waals surface area (Å²) in [6.07, 6.45) is 0. The first-order valence-corrected chi connectivity index (χ1v) is 7.72. The fraction of sp³-hybridized carbons (Fsp3) is 0.176. The Labute approximate surface area is 133 Å². The van der Waals surface area contributed by atoms with Gasteiger partial charge in [0, 0.05) is 19.7 Å². The summed E-state index contributed by atoms with van der Waals surface area (Å²) in [6, 6.07) is 15.3. The Kier molecular flexibility index (Phi) is 4.18. The van der Waals surface area contributed by atoms with E-state index in [4.69, 9.17) is 4.74 Å². The number of rotatable bonds is 4. The number of para-hydroxylation sites is 1. The van der Waals surface area contributed by atoms with E-state index >= 15 is 0 Å². The molecule has 0 bridgehead atoms. The molecule has 22 heavy (non-hydrogen) atoms. The summed E-state index contributed by atoms with van der Waals surface area (Å²) in [5.74, 6) is -0.0666. The Morgan fingerprint density at radius 3 is 2.59 bits per heavy atom. The lowest BCUT2D eigenvalue weighted by Gasteiger charge is -2.13. The summed E-state index contributed by atoms with van der Waals surface area (Å²) >= 11 is 1.51. The van der Waals surface area contributed by atoms with Crippen LogP contribution in [0.3, 0.4) is 0 Å². The summed E-state index contributed by atoms with van der Waals surface area (Å²) in [6.45, 7) is 0.544. The van der Waals surface area contributed by atoms with Crippen molar-refractivity contribution in [1.29, 1.82) is 0 Å². The van der Waals surface area contributed by atoms with Crippen molar-refractivity contribution in [2.45, 2.75) is 6.61 Å². The SMILES string of the molecule is COCc1ccc(C(=O)N(C)c2nc3ccccc3s2)cc1. The molecule has 0 fully saturated rings. The number of hydrogen-bond acceptors (Lipinski definition) is 4. The molecule has 1 aromatic heterocycles. The number of fused-ring (bicyclic) bond motifs is 1. The fourth-order valence-corrected chi connectivity index (χ4v) is 3.12. The number of amides is 1. The molecule has 1 heterocycles. The molecule has 0 unspecified atom stereocenters. The van der Waals surface area contributed by atoms with Gasteiger partial charge in [-0.25, -0.2) is 4.98 Å². The maximum atomic E-state index is 12.6. The van der Waals surface area contributed by atoms with E-state index < -0.39 is 0 Å². The standard InChI is InChI=1S/C17H16N2O2S/c1-19(17-18-14-5-3-4-6-15(14)22-17)16(20)13-9-7-12(8-10-13)11-21-2/h3-10H,11H2,1-2H3. The summed E-state index contributed by atoms with van der Waals surface area (Å²) in [4.78, 5) is 18.7. The van der Waals surface area contributed by atoms with Crippen molar-refractivity contribution in [2.75, 3.05) is 19.1 Å². The number of aromatic nitrogens is 1. The van der Waals surface area contributed by atoms with Gasteiger partial charge in [-0.3, -0.25) is 9.69 Å². The van der Waals surface area contributed by atoms with Crippen LogP contribution in [0.4, 0.5) is 5.13 Å². The summed E-state index contributed by atoms with van der Waals surface area (Å²) in [7, 11) is 3.41. The molecule has 0 aliphatic heterocycles. The fourth-order valence-electron chi connectivity index (χ4n) is 2.19. The molecular formula is C17H16N2O2S. The van der Waals surface area contributed by atoms with Crippen LogP contribution in [0.1, 0.15) is 15.9 Å². The van der Waals surface area contributed by atoms with Crippen LogP contribution in [0.15, 0.2) is 48.5 Å². The number of thiazole rings is 1. The average molecular weight is 312 g/mol. The topological polar surface area (TPSA) is 42.4 Å². The lowest BCUT2D eigenvalue weighted by atomic mass is 10.1. The second kappa shape index (κ2) is 6.25. The van der Waals surface area contributed by atoms with E-state index in [1.54, 1.807) is 19.1 Å². The molecule has 0 saturated carbocycles.